The zero-order valence-corrected chi connectivity index (χ0v) is 12.7. The molecule has 1 amide bonds. The number of aromatic nitrogens is 1. The number of halogens is 1. The van der Waals surface area contributed by atoms with Crippen molar-refractivity contribution in [3.8, 4) is 0 Å². The van der Waals surface area contributed by atoms with Gasteiger partial charge in [0.25, 0.3) is 0 Å². The zero-order valence-electron chi connectivity index (χ0n) is 11.9. The standard InChI is InChI=1S/C13H23N3O2.ClH/c1-4-5-6-11(8-14)15-13(17)7-12-9(2)16-18-10(12)3;/h11H,4-8,14H2,1-3H3,(H,15,17);1H. The van der Waals surface area contributed by atoms with Crippen LogP contribution in [0, 0.1) is 13.8 Å². The van der Waals surface area contributed by atoms with Gasteiger partial charge >= 0.3 is 0 Å². The maximum atomic E-state index is 11.9. The molecule has 6 heteroatoms. The highest BCUT2D eigenvalue weighted by Gasteiger charge is 2.15. The molecule has 0 fully saturated rings. The quantitative estimate of drug-likeness (QED) is 0.803. The molecule has 1 heterocycles. The summed E-state index contributed by atoms with van der Waals surface area (Å²) in [5, 5.41) is 6.80. The van der Waals surface area contributed by atoms with Gasteiger partial charge in [-0.25, -0.2) is 0 Å². The molecule has 0 saturated carbocycles. The molecular weight excluding hydrogens is 266 g/mol. The smallest absolute Gasteiger partial charge is 0.224 e. The molecule has 1 unspecified atom stereocenters. The van der Waals surface area contributed by atoms with Crippen LogP contribution in [0.5, 0.6) is 0 Å². The van der Waals surface area contributed by atoms with E-state index in [1.54, 1.807) is 0 Å². The van der Waals surface area contributed by atoms with Crippen LogP contribution in [0.1, 0.15) is 43.2 Å². The van der Waals surface area contributed by atoms with Crippen LogP contribution in [-0.2, 0) is 11.2 Å². The first-order valence-corrected chi connectivity index (χ1v) is 6.49. The molecule has 1 aromatic rings. The topological polar surface area (TPSA) is 81.1 Å². The van der Waals surface area contributed by atoms with Gasteiger partial charge in [-0.1, -0.05) is 24.9 Å². The van der Waals surface area contributed by atoms with E-state index in [-0.39, 0.29) is 24.4 Å². The molecule has 5 nitrogen and oxygen atoms in total. The van der Waals surface area contributed by atoms with Gasteiger partial charge in [-0.05, 0) is 20.3 Å². The molecule has 0 aliphatic heterocycles. The van der Waals surface area contributed by atoms with Gasteiger partial charge < -0.3 is 15.6 Å². The van der Waals surface area contributed by atoms with Crippen molar-refractivity contribution in [1.29, 1.82) is 0 Å². The van der Waals surface area contributed by atoms with Crippen molar-refractivity contribution in [2.45, 2.75) is 52.5 Å². The number of rotatable bonds is 7. The van der Waals surface area contributed by atoms with E-state index in [0.29, 0.717) is 18.7 Å². The normalized spacial score (nSPS) is 11.8. The first kappa shape index (κ1) is 17.9. The summed E-state index contributed by atoms with van der Waals surface area (Å²) in [5.41, 5.74) is 7.30. The van der Waals surface area contributed by atoms with Gasteiger partial charge in [0.05, 0.1) is 12.1 Å². The maximum absolute atomic E-state index is 11.9. The third-order valence-corrected chi connectivity index (χ3v) is 3.07. The molecule has 0 aliphatic rings. The van der Waals surface area contributed by atoms with E-state index >= 15 is 0 Å². The lowest BCUT2D eigenvalue weighted by Crippen LogP contribution is -2.41. The number of carbonyl (C=O) groups is 1. The fourth-order valence-electron chi connectivity index (χ4n) is 1.89. The Morgan fingerprint density at radius 1 is 1.47 bits per heavy atom. The van der Waals surface area contributed by atoms with E-state index in [9.17, 15) is 4.79 Å². The van der Waals surface area contributed by atoms with Crippen LogP contribution in [0.2, 0.25) is 0 Å². The molecule has 1 atom stereocenters. The van der Waals surface area contributed by atoms with Gasteiger partial charge in [0.2, 0.25) is 5.91 Å². The van der Waals surface area contributed by atoms with Crippen molar-refractivity contribution >= 4 is 18.3 Å². The number of nitrogens with two attached hydrogens (primary N) is 1. The Kier molecular flexibility index (Phi) is 8.43. The molecule has 0 aromatic carbocycles. The maximum Gasteiger partial charge on any atom is 0.224 e. The third kappa shape index (κ3) is 5.61. The van der Waals surface area contributed by atoms with Crippen LogP contribution in [0.15, 0.2) is 4.52 Å². The molecule has 3 N–H and O–H groups in total. The number of unbranched alkanes of at least 4 members (excludes halogenated alkanes) is 1. The molecule has 110 valence electrons. The Labute approximate surface area is 120 Å². The summed E-state index contributed by atoms with van der Waals surface area (Å²) >= 11 is 0. The summed E-state index contributed by atoms with van der Waals surface area (Å²) in [6.07, 6.45) is 3.42. The Balaban J connectivity index is 0.00000324. The first-order valence-electron chi connectivity index (χ1n) is 6.49. The van der Waals surface area contributed by atoms with Gasteiger partial charge in [0.15, 0.2) is 0 Å². The monoisotopic (exact) mass is 289 g/mol. The molecule has 1 rings (SSSR count). The van der Waals surface area contributed by atoms with Crippen molar-refractivity contribution in [2.75, 3.05) is 6.54 Å². The zero-order chi connectivity index (χ0) is 13.5. The largest absolute Gasteiger partial charge is 0.361 e. The summed E-state index contributed by atoms with van der Waals surface area (Å²) in [4.78, 5) is 11.9. The van der Waals surface area contributed by atoms with E-state index in [1.807, 2.05) is 13.8 Å². The average molecular weight is 290 g/mol. The van der Waals surface area contributed by atoms with E-state index in [1.165, 1.54) is 0 Å². The highest BCUT2D eigenvalue weighted by Crippen LogP contribution is 2.12. The Morgan fingerprint density at radius 3 is 2.63 bits per heavy atom. The highest BCUT2D eigenvalue weighted by molar-refractivity contribution is 5.85. The van der Waals surface area contributed by atoms with Gasteiger partial charge in [0.1, 0.15) is 5.76 Å². The Morgan fingerprint density at radius 2 is 2.16 bits per heavy atom. The van der Waals surface area contributed by atoms with Crippen molar-refractivity contribution in [3.05, 3.63) is 17.0 Å². The lowest BCUT2D eigenvalue weighted by atomic mass is 10.1. The minimum Gasteiger partial charge on any atom is -0.361 e. The van der Waals surface area contributed by atoms with E-state index < -0.39 is 0 Å². The summed E-state index contributed by atoms with van der Waals surface area (Å²) in [5.74, 6) is 0.691. The van der Waals surface area contributed by atoms with Crippen LogP contribution < -0.4 is 11.1 Å². The van der Waals surface area contributed by atoms with Crippen molar-refractivity contribution in [3.63, 3.8) is 0 Å². The van der Waals surface area contributed by atoms with Crippen LogP contribution >= 0.6 is 12.4 Å². The van der Waals surface area contributed by atoms with Crippen LogP contribution in [-0.4, -0.2) is 23.7 Å². The Bertz CT molecular complexity index is 374. The van der Waals surface area contributed by atoms with Gasteiger partial charge in [-0.2, -0.15) is 0 Å². The fraction of sp³-hybridized carbons (Fsp3) is 0.692. The van der Waals surface area contributed by atoms with Gasteiger partial charge in [-0.15, -0.1) is 12.4 Å². The molecule has 19 heavy (non-hydrogen) atoms. The average Bonchev–Trinajstić information content (AvgIpc) is 2.66. The van der Waals surface area contributed by atoms with Crippen molar-refractivity contribution in [2.24, 2.45) is 5.73 Å². The number of hydrogen-bond donors (Lipinski definition) is 2. The van der Waals surface area contributed by atoms with E-state index in [0.717, 1.165) is 30.5 Å². The van der Waals surface area contributed by atoms with Crippen LogP contribution in [0.4, 0.5) is 0 Å². The SMILES string of the molecule is CCCCC(CN)NC(=O)Cc1c(C)noc1C.Cl. The molecule has 0 saturated heterocycles. The summed E-state index contributed by atoms with van der Waals surface area (Å²) in [6.45, 7) is 6.27. The molecule has 0 bridgehead atoms. The second kappa shape index (κ2) is 8.93. The first-order chi connectivity index (χ1) is 8.58. The van der Waals surface area contributed by atoms with E-state index in [4.69, 9.17) is 10.3 Å². The number of nitrogens with zero attached hydrogens (tertiary/aromatic N) is 1. The van der Waals surface area contributed by atoms with Gasteiger partial charge in [0, 0.05) is 18.2 Å². The van der Waals surface area contributed by atoms with Crippen molar-refractivity contribution in [1.82, 2.24) is 10.5 Å². The predicted octanol–water partition coefficient (Wildman–Crippen LogP) is 1.89. The molecule has 1 aromatic heterocycles. The number of nitrogens with one attached hydrogen (secondary N) is 1. The lowest BCUT2D eigenvalue weighted by molar-refractivity contribution is -0.121. The third-order valence-electron chi connectivity index (χ3n) is 3.07. The minimum atomic E-state index is -0.0176. The lowest BCUT2D eigenvalue weighted by Gasteiger charge is -2.16. The number of aryl methyl sites for hydroxylation is 2. The Hall–Kier alpha value is -1.07. The molecule has 0 aliphatic carbocycles. The van der Waals surface area contributed by atoms with Gasteiger partial charge in [-0.3, -0.25) is 4.79 Å². The molecule has 0 radical (unpaired) electrons. The number of carbonyl (C=O) groups excluding carboxylic acids is 1. The van der Waals surface area contributed by atoms with Crippen LogP contribution in [0.25, 0.3) is 0 Å². The van der Waals surface area contributed by atoms with Crippen LogP contribution in [0.3, 0.4) is 0 Å². The summed E-state index contributed by atoms with van der Waals surface area (Å²) in [7, 11) is 0. The predicted molar refractivity (Wildman–Crippen MR) is 77.4 cm³/mol. The summed E-state index contributed by atoms with van der Waals surface area (Å²) < 4.78 is 5.04. The second-order valence-electron chi connectivity index (χ2n) is 4.62. The molecular formula is C13H24ClN3O2. The number of hydrogen-bond acceptors (Lipinski definition) is 4. The second-order valence-corrected chi connectivity index (χ2v) is 4.62. The van der Waals surface area contributed by atoms with Crippen molar-refractivity contribution < 1.29 is 9.32 Å². The fourth-order valence-corrected chi connectivity index (χ4v) is 1.89. The number of amides is 1. The summed E-state index contributed by atoms with van der Waals surface area (Å²) in [6, 6.07) is 0.0675. The highest BCUT2D eigenvalue weighted by atomic mass is 35.5. The minimum absolute atomic E-state index is 0. The van der Waals surface area contributed by atoms with E-state index in [2.05, 4.69) is 17.4 Å². The molecule has 0 spiro atoms.